The highest BCUT2D eigenvalue weighted by Crippen LogP contribution is 2.63. The van der Waals surface area contributed by atoms with Crippen molar-refractivity contribution in [2.24, 2.45) is 17.6 Å². The van der Waals surface area contributed by atoms with E-state index in [0.717, 1.165) is 24.9 Å². The summed E-state index contributed by atoms with van der Waals surface area (Å²) in [4.78, 5) is 68.3. The zero-order valence-corrected chi connectivity index (χ0v) is 31.3. The van der Waals surface area contributed by atoms with Crippen LogP contribution in [0.25, 0.3) is 0 Å². The van der Waals surface area contributed by atoms with Crippen LogP contribution in [0.3, 0.4) is 0 Å². The van der Waals surface area contributed by atoms with E-state index in [1.807, 2.05) is 12.1 Å². The maximum Gasteiger partial charge on any atom is 0.415 e. The van der Waals surface area contributed by atoms with Crippen molar-refractivity contribution in [1.82, 2.24) is 31.1 Å². The number of nitrogens with two attached hydrogens (primary N) is 1. The van der Waals surface area contributed by atoms with Crippen molar-refractivity contribution in [1.29, 1.82) is 5.41 Å². The summed E-state index contributed by atoms with van der Waals surface area (Å²) in [5.74, 6) is -0.512. The number of hydrogen-bond donors (Lipinski definition) is 6. The molecule has 17 heteroatoms. The molecule has 1 aromatic rings. The number of methoxy groups -OCH3 is 2. The first kappa shape index (κ1) is 38.7. The number of guanidine groups is 1. The van der Waals surface area contributed by atoms with E-state index >= 15 is 0 Å². The average Bonchev–Trinajstić information content (AvgIpc) is 3.51. The summed E-state index contributed by atoms with van der Waals surface area (Å²) in [6.45, 7) is 2.29. The number of nitrogens with one attached hydrogen (secondary N) is 5. The molecule has 2 unspecified atom stereocenters. The summed E-state index contributed by atoms with van der Waals surface area (Å²) < 4.78 is 23.8. The van der Waals surface area contributed by atoms with Gasteiger partial charge in [-0.1, -0.05) is 6.07 Å². The predicted molar refractivity (Wildman–Crippen MR) is 195 cm³/mol. The number of nitrogens with zero attached hydrogens (tertiary/aromatic N) is 2. The van der Waals surface area contributed by atoms with Crippen LogP contribution in [0.2, 0.25) is 0 Å². The van der Waals surface area contributed by atoms with Crippen molar-refractivity contribution in [2.75, 3.05) is 54.0 Å². The number of esters is 1. The maximum atomic E-state index is 14.2. The van der Waals surface area contributed by atoms with Crippen molar-refractivity contribution < 1.29 is 42.9 Å². The molecule has 7 atom stereocenters. The molecule has 3 heterocycles. The van der Waals surface area contributed by atoms with E-state index in [4.69, 9.17) is 30.1 Å². The lowest BCUT2D eigenvalue weighted by atomic mass is 9.53. The number of rotatable bonds is 13. The largest absolute Gasteiger partial charge is 0.493 e. The van der Waals surface area contributed by atoms with Gasteiger partial charge in [-0.15, -0.1) is 0 Å². The van der Waals surface area contributed by atoms with Gasteiger partial charge in [0.25, 0.3) is 0 Å². The van der Waals surface area contributed by atoms with Crippen molar-refractivity contribution in [2.45, 2.75) is 81.5 Å². The Morgan fingerprint density at radius 1 is 1.13 bits per heavy atom. The number of benzene rings is 1. The van der Waals surface area contributed by atoms with Crippen LogP contribution in [0.4, 0.5) is 4.79 Å². The lowest BCUT2D eigenvalue weighted by Crippen LogP contribution is -2.63. The molecule has 0 radical (unpaired) electrons. The van der Waals surface area contributed by atoms with E-state index in [-0.39, 0.29) is 49.8 Å². The third-order valence-corrected chi connectivity index (χ3v) is 11.8. The smallest absolute Gasteiger partial charge is 0.415 e. The summed E-state index contributed by atoms with van der Waals surface area (Å²) in [6, 6.07) is 2.77. The van der Waals surface area contributed by atoms with E-state index in [0.29, 0.717) is 49.1 Å². The SMILES string of the molecule is COC(=O)C1CCN(C(=O)OC2=CC[C@H]3[C@H]4Cc5ccc(OC)c6c5[C@@]3(CCN4C)[C@H]2O6)C(CNC(=O)[C@H](CCCNC(=N)N)NC(=O)CNC(C)=O)C1. The summed E-state index contributed by atoms with van der Waals surface area (Å²) in [7, 11) is 5.11. The maximum absolute atomic E-state index is 14.2. The molecular formula is C37H52N8O9. The Hall–Kier alpha value is -5.06. The third kappa shape index (κ3) is 7.50. The van der Waals surface area contributed by atoms with Gasteiger partial charge in [0, 0.05) is 43.6 Å². The molecule has 4 amide bonds. The van der Waals surface area contributed by atoms with Crippen LogP contribution in [-0.4, -0.2) is 124 Å². The zero-order chi connectivity index (χ0) is 38.7. The number of hydrogen-bond acceptors (Lipinski definition) is 11. The van der Waals surface area contributed by atoms with Gasteiger partial charge in [-0.25, -0.2) is 4.79 Å². The number of likely N-dealkylation sites (tertiary alicyclic amines) is 2. The molecule has 54 heavy (non-hydrogen) atoms. The number of ether oxygens (including phenoxy) is 4. The summed E-state index contributed by atoms with van der Waals surface area (Å²) in [5.41, 5.74) is 7.40. The molecule has 2 fully saturated rings. The Morgan fingerprint density at radius 2 is 1.93 bits per heavy atom. The Labute approximate surface area is 314 Å². The van der Waals surface area contributed by atoms with Crippen LogP contribution in [0.15, 0.2) is 24.0 Å². The number of likely N-dealkylation sites (N-methyl/N-ethyl adjacent to an activating group) is 1. The van der Waals surface area contributed by atoms with Gasteiger partial charge in [0.1, 0.15) is 11.8 Å². The van der Waals surface area contributed by atoms with E-state index in [1.54, 1.807) is 7.11 Å². The number of piperidine rings is 2. The molecule has 2 bridgehead atoms. The molecular weight excluding hydrogens is 700 g/mol. The monoisotopic (exact) mass is 752 g/mol. The Bertz CT molecular complexity index is 1700. The third-order valence-electron chi connectivity index (χ3n) is 11.8. The van der Waals surface area contributed by atoms with Crippen LogP contribution in [0, 0.1) is 17.2 Å². The second kappa shape index (κ2) is 16.1. The van der Waals surface area contributed by atoms with Gasteiger partial charge in [-0.3, -0.25) is 24.6 Å². The minimum absolute atomic E-state index is 0.0316. The van der Waals surface area contributed by atoms with E-state index in [1.165, 1.54) is 24.5 Å². The van der Waals surface area contributed by atoms with Gasteiger partial charge < -0.3 is 55.7 Å². The molecule has 6 rings (SSSR count). The van der Waals surface area contributed by atoms with E-state index in [2.05, 4.69) is 39.3 Å². The number of amides is 4. The summed E-state index contributed by atoms with van der Waals surface area (Å²) in [6.07, 6.45) is 4.46. The number of allylic oxidation sites excluding steroid dienone is 1. The topological polar surface area (TPSA) is 227 Å². The molecule has 3 aliphatic heterocycles. The quantitative estimate of drug-likeness (QED) is 0.0690. The minimum Gasteiger partial charge on any atom is -0.493 e. The van der Waals surface area contributed by atoms with Gasteiger partial charge in [0.2, 0.25) is 17.7 Å². The van der Waals surface area contributed by atoms with Gasteiger partial charge in [0.15, 0.2) is 23.6 Å². The fourth-order valence-corrected chi connectivity index (χ4v) is 9.18. The van der Waals surface area contributed by atoms with Crippen molar-refractivity contribution in [3.63, 3.8) is 0 Å². The van der Waals surface area contributed by atoms with E-state index < -0.39 is 53.9 Å². The Morgan fingerprint density at radius 3 is 2.65 bits per heavy atom. The van der Waals surface area contributed by atoms with Crippen LogP contribution < -0.4 is 36.5 Å². The fourth-order valence-electron chi connectivity index (χ4n) is 9.18. The van der Waals surface area contributed by atoms with E-state index in [9.17, 15) is 24.0 Å². The van der Waals surface area contributed by atoms with Crippen LogP contribution >= 0.6 is 0 Å². The van der Waals surface area contributed by atoms with Crippen LogP contribution in [-0.2, 0) is 40.5 Å². The van der Waals surface area contributed by atoms with Gasteiger partial charge in [-0.2, -0.15) is 0 Å². The fraction of sp³-hybridized carbons (Fsp3) is 0.622. The Kier molecular flexibility index (Phi) is 11.5. The van der Waals surface area contributed by atoms with Crippen LogP contribution in [0.1, 0.15) is 56.6 Å². The first-order chi connectivity index (χ1) is 25.9. The summed E-state index contributed by atoms with van der Waals surface area (Å²) in [5, 5.41) is 18.0. The van der Waals surface area contributed by atoms with Crippen molar-refractivity contribution >= 4 is 35.7 Å². The first-order valence-electron chi connectivity index (χ1n) is 18.6. The molecule has 2 saturated heterocycles. The highest BCUT2D eigenvalue weighted by Gasteiger charge is 2.65. The molecule has 294 valence electrons. The highest BCUT2D eigenvalue weighted by atomic mass is 16.6. The zero-order valence-electron chi connectivity index (χ0n) is 31.3. The summed E-state index contributed by atoms with van der Waals surface area (Å²) >= 11 is 0. The molecule has 0 aromatic heterocycles. The number of carbonyl (C=O) groups excluding carboxylic acids is 5. The Balaban J connectivity index is 1.19. The molecule has 0 saturated carbocycles. The second-order valence-corrected chi connectivity index (χ2v) is 14.8. The second-order valence-electron chi connectivity index (χ2n) is 14.8. The number of carbonyl (C=O) groups is 5. The lowest BCUT2D eigenvalue weighted by molar-refractivity contribution is -0.147. The molecule has 17 nitrogen and oxygen atoms in total. The highest BCUT2D eigenvalue weighted by molar-refractivity contribution is 5.90. The predicted octanol–water partition coefficient (Wildman–Crippen LogP) is 0.249. The molecule has 7 N–H and O–H groups in total. The molecule has 1 aromatic carbocycles. The lowest BCUT2D eigenvalue weighted by Gasteiger charge is -2.56. The van der Waals surface area contributed by atoms with Crippen LogP contribution in [0.5, 0.6) is 11.5 Å². The first-order valence-corrected chi connectivity index (χ1v) is 18.6. The standard InChI is InChI=1S/C37H52N8O9/c1-20(46)41-19-29(47)43-25(6-5-13-40-35(38)39)33(48)42-18-23-16-22(34(49)52-4)11-14-45(23)36(50)53-28-10-8-24-26-17-21-7-9-27(51-3)31-30(21)37(24,32(28)54-31)12-15-44(26)2/h7,9-10,22-26,32H,5-6,8,11-19H2,1-4H3,(H,41,46)(H,42,48)(H,43,47)(H4,38,39,40)/t22?,23?,24-,25-,26+,32-,37-/m0/s1. The normalized spacial score (nSPS) is 26.9. The molecule has 5 aliphatic rings. The van der Waals surface area contributed by atoms with Gasteiger partial charge >= 0.3 is 12.1 Å². The molecule has 2 aliphatic carbocycles. The minimum atomic E-state index is -0.989. The van der Waals surface area contributed by atoms with Gasteiger partial charge in [0.05, 0.1) is 32.7 Å². The van der Waals surface area contributed by atoms with Crippen molar-refractivity contribution in [3.05, 3.63) is 35.1 Å². The van der Waals surface area contributed by atoms with Crippen molar-refractivity contribution in [3.8, 4) is 11.5 Å². The molecule has 1 spiro atoms. The average molecular weight is 753 g/mol. The van der Waals surface area contributed by atoms with Gasteiger partial charge in [-0.05, 0) is 82.2 Å².